The maximum Gasteiger partial charge on any atom is 0.156 e. The Kier molecular flexibility index (Phi) is 3.78. The van der Waals surface area contributed by atoms with E-state index in [0.29, 0.717) is 21.9 Å². The SMILES string of the molecule is COc1ccc(-c2cc3nccc(-c4cc(Cl)ccc4O)n3n2)cc1. The van der Waals surface area contributed by atoms with E-state index in [1.54, 1.807) is 42.1 Å². The van der Waals surface area contributed by atoms with Crippen LogP contribution in [0.2, 0.25) is 5.02 Å². The molecule has 0 aliphatic rings. The summed E-state index contributed by atoms with van der Waals surface area (Å²) < 4.78 is 6.89. The molecule has 0 aliphatic heterocycles. The number of benzene rings is 2. The predicted octanol–water partition coefficient (Wildman–Crippen LogP) is 4.43. The molecule has 0 aliphatic carbocycles. The highest BCUT2D eigenvalue weighted by Gasteiger charge is 2.13. The molecule has 4 aromatic rings. The normalized spacial score (nSPS) is 11.0. The number of halogens is 1. The Hall–Kier alpha value is -3.05. The molecular formula is C19H14ClN3O2. The summed E-state index contributed by atoms with van der Waals surface area (Å²) in [4.78, 5) is 4.36. The van der Waals surface area contributed by atoms with Crippen molar-refractivity contribution in [2.24, 2.45) is 0 Å². The lowest BCUT2D eigenvalue weighted by molar-refractivity contribution is 0.415. The Labute approximate surface area is 149 Å². The van der Waals surface area contributed by atoms with Gasteiger partial charge in [0, 0.05) is 28.4 Å². The average molecular weight is 352 g/mol. The van der Waals surface area contributed by atoms with Crippen molar-refractivity contribution in [2.75, 3.05) is 7.11 Å². The van der Waals surface area contributed by atoms with E-state index < -0.39 is 0 Å². The van der Waals surface area contributed by atoms with Gasteiger partial charge >= 0.3 is 0 Å². The average Bonchev–Trinajstić information content (AvgIpc) is 3.08. The molecule has 0 radical (unpaired) electrons. The summed E-state index contributed by atoms with van der Waals surface area (Å²) in [5, 5.41) is 15.4. The number of nitrogens with zero attached hydrogens (tertiary/aromatic N) is 3. The Balaban J connectivity index is 1.87. The number of methoxy groups -OCH3 is 1. The maximum absolute atomic E-state index is 10.2. The van der Waals surface area contributed by atoms with E-state index in [1.807, 2.05) is 30.3 Å². The number of aromatic nitrogens is 3. The van der Waals surface area contributed by atoms with Crippen molar-refractivity contribution in [1.29, 1.82) is 0 Å². The number of phenolic OH excluding ortho intramolecular Hbond substituents is 1. The maximum atomic E-state index is 10.2. The minimum atomic E-state index is 0.137. The van der Waals surface area contributed by atoms with Gasteiger partial charge in [-0.2, -0.15) is 5.10 Å². The zero-order chi connectivity index (χ0) is 17.4. The van der Waals surface area contributed by atoms with Crippen LogP contribution < -0.4 is 4.74 Å². The number of rotatable bonds is 3. The molecule has 0 bridgehead atoms. The lowest BCUT2D eigenvalue weighted by atomic mass is 10.1. The van der Waals surface area contributed by atoms with Crippen molar-refractivity contribution < 1.29 is 9.84 Å². The Morgan fingerprint density at radius 1 is 1.04 bits per heavy atom. The Bertz CT molecular complexity index is 1060. The fourth-order valence-electron chi connectivity index (χ4n) is 2.72. The van der Waals surface area contributed by atoms with Crippen LogP contribution >= 0.6 is 11.6 Å². The van der Waals surface area contributed by atoms with Crippen LogP contribution in [0.5, 0.6) is 11.5 Å². The number of fused-ring (bicyclic) bond motifs is 1. The first-order chi connectivity index (χ1) is 12.2. The van der Waals surface area contributed by atoms with Crippen molar-refractivity contribution in [3.05, 3.63) is 65.8 Å². The van der Waals surface area contributed by atoms with Crippen LogP contribution in [-0.2, 0) is 0 Å². The molecule has 5 nitrogen and oxygen atoms in total. The summed E-state index contributed by atoms with van der Waals surface area (Å²) in [6.45, 7) is 0. The van der Waals surface area contributed by atoms with Crippen molar-refractivity contribution >= 4 is 17.2 Å². The molecule has 25 heavy (non-hydrogen) atoms. The molecule has 1 N–H and O–H groups in total. The molecule has 2 aromatic heterocycles. The summed E-state index contributed by atoms with van der Waals surface area (Å²) in [5.41, 5.74) is 3.73. The molecule has 0 saturated carbocycles. The molecule has 0 fully saturated rings. The molecule has 0 atom stereocenters. The van der Waals surface area contributed by atoms with Gasteiger partial charge in [0.1, 0.15) is 11.5 Å². The second-order valence-electron chi connectivity index (χ2n) is 5.52. The zero-order valence-corrected chi connectivity index (χ0v) is 14.1. The Morgan fingerprint density at radius 3 is 2.60 bits per heavy atom. The van der Waals surface area contributed by atoms with Crippen LogP contribution in [0.1, 0.15) is 0 Å². The smallest absolute Gasteiger partial charge is 0.156 e. The molecule has 0 unspecified atom stereocenters. The number of hydrogen-bond donors (Lipinski definition) is 1. The van der Waals surface area contributed by atoms with Crippen molar-refractivity contribution in [3.8, 4) is 34.0 Å². The van der Waals surface area contributed by atoms with Crippen molar-refractivity contribution in [1.82, 2.24) is 14.6 Å². The number of aromatic hydroxyl groups is 1. The number of phenols is 1. The third kappa shape index (κ3) is 2.79. The van der Waals surface area contributed by atoms with Gasteiger partial charge in [0.2, 0.25) is 0 Å². The first-order valence-electron chi connectivity index (χ1n) is 7.64. The first-order valence-corrected chi connectivity index (χ1v) is 8.01. The topological polar surface area (TPSA) is 59.7 Å². The quantitative estimate of drug-likeness (QED) is 0.593. The summed E-state index contributed by atoms with van der Waals surface area (Å²) in [7, 11) is 1.63. The lowest BCUT2D eigenvalue weighted by Crippen LogP contribution is -1.96. The van der Waals surface area contributed by atoms with E-state index in [4.69, 9.17) is 16.3 Å². The van der Waals surface area contributed by atoms with Gasteiger partial charge in [0.25, 0.3) is 0 Å². The van der Waals surface area contributed by atoms with Crippen LogP contribution in [0.4, 0.5) is 0 Å². The van der Waals surface area contributed by atoms with Gasteiger partial charge < -0.3 is 9.84 Å². The molecular weight excluding hydrogens is 338 g/mol. The molecule has 124 valence electrons. The zero-order valence-electron chi connectivity index (χ0n) is 13.3. The van der Waals surface area contributed by atoms with E-state index in [1.165, 1.54) is 0 Å². The Morgan fingerprint density at radius 2 is 1.84 bits per heavy atom. The third-order valence-electron chi connectivity index (χ3n) is 3.98. The van der Waals surface area contributed by atoms with Crippen molar-refractivity contribution in [2.45, 2.75) is 0 Å². The highest BCUT2D eigenvalue weighted by molar-refractivity contribution is 6.30. The molecule has 6 heteroatoms. The fourth-order valence-corrected chi connectivity index (χ4v) is 2.89. The molecule has 2 aromatic carbocycles. The van der Waals surface area contributed by atoms with Gasteiger partial charge in [-0.05, 0) is 48.5 Å². The largest absolute Gasteiger partial charge is 0.507 e. The fraction of sp³-hybridized carbons (Fsp3) is 0.0526. The van der Waals surface area contributed by atoms with Gasteiger partial charge in [0.15, 0.2) is 5.65 Å². The molecule has 0 spiro atoms. The van der Waals surface area contributed by atoms with E-state index in [-0.39, 0.29) is 5.75 Å². The van der Waals surface area contributed by atoms with Crippen molar-refractivity contribution in [3.63, 3.8) is 0 Å². The summed E-state index contributed by atoms with van der Waals surface area (Å²) in [6, 6.07) is 16.3. The first kappa shape index (κ1) is 15.5. The lowest BCUT2D eigenvalue weighted by Gasteiger charge is -2.07. The molecule has 4 rings (SSSR count). The van der Waals surface area contributed by atoms with Crippen LogP contribution in [-0.4, -0.2) is 26.8 Å². The summed E-state index contributed by atoms with van der Waals surface area (Å²) in [6.07, 6.45) is 1.69. The van der Waals surface area contributed by atoms with Crippen LogP contribution in [0.15, 0.2) is 60.8 Å². The van der Waals surface area contributed by atoms with Gasteiger partial charge in [-0.3, -0.25) is 0 Å². The highest BCUT2D eigenvalue weighted by Crippen LogP contribution is 2.32. The van der Waals surface area contributed by atoms with Crippen LogP contribution in [0.3, 0.4) is 0 Å². The minimum Gasteiger partial charge on any atom is -0.507 e. The van der Waals surface area contributed by atoms with Crippen LogP contribution in [0, 0.1) is 0 Å². The third-order valence-corrected chi connectivity index (χ3v) is 4.21. The standard InChI is InChI=1S/C19H14ClN3O2/c1-25-14-5-2-12(3-6-14)16-11-19-21-9-8-17(23(19)22-16)15-10-13(20)4-7-18(15)24/h2-11,24H,1H3. The van der Waals surface area contributed by atoms with E-state index in [2.05, 4.69) is 10.1 Å². The van der Waals surface area contributed by atoms with E-state index >= 15 is 0 Å². The number of hydrogen-bond acceptors (Lipinski definition) is 4. The highest BCUT2D eigenvalue weighted by atomic mass is 35.5. The van der Waals surface area contributed by atoms with Gasteiger partial charge in [-0.25, -0.2) is 9.50 Å². The second kappa shape index (κ2) is 6.11. The molecule has 2 heterocycles. The van der Waals surface area contributed by atoms with Gasteiger partial charge in [-0.15, -0.1) is 0 Å². The molecule has 0 saturated heterocycles. The van der Waals surface area contributed by atoms with Crippen LogP contribution in [0.25, 0.3) is 28.2 Å². The number of ether oxygens (including phenoxy) is 1. The van der Waals surface area contributed by atoms with E-state index in [9.17, 15) is 5.11 Å². The van der Waals surface area contributed by atoms with Gasteiger partial charge in [0.05, 0.1) is 18.5 Å². The monoisotopic (exact) mass is 351 g/mol. The predicted molar refractivity (Wildman–Crippen MR) is 97.1 cm³/mol. The minimum absolute atomic E-state index is 0.137. The van der Waals surface area contributed by atoms with E-state index in [0.717, 1.165) is 17.0 Å². The molecule has 0 amide bonds. The second-order valence-corrected chi connectivity index (χ2v) is 5.96. The summed E-state index contributed by atoms with van der Waals surface area (Å²) in [5.74, 6) is 0.925. The summed E-state index contributed by atoms with van der Waals surface area (Å²) >= 11 is 6.08. The van der Waals surface area contributed by atoms with Gasteiger partial charge in [-0.1, -0.05) is 11.6 Å².